The monoisotopic (exact) mass is 651 g/mol. The summed E-state index contributed by atoms with van der Waals surface area (Å²) in [6.07, 6.45) is 10.9. The average Bonchev–Trinajstić information content (AvgIpc) is 3.04. The first-order chi connectivity index (χ1) is 22.6. The maximum Gasteiger partial charge on any atom is 0.311 e. The van der Waals surface area contributed by atoms with Gasteiger partial charge in [0.05, 0.1) is 17.7 Å². The summed E-state index contributed by atoms with van der Waals surface area (Å²) in [5.41, 5.74) is 2.73. The molecule has 0 heterocycles. The zero-order chi connectivity index (χ0) is 34.3. The van der Waals surface area contributed by atoms with E-state index in [1.165, 1.54) is 16.3 Å². The summed E-state index contributed by atoms with van der Waals surface area (Å²) < 4.78 is 5.60. The highest BCUT2D eigenvalue weighted by Crippen LogP contribution is 2.75. The Labute approximate surface area is 288 Å². The van der Waals surface area contributed by atoms with Crippen molar-refractivity contribution in [3.63, 3.8) is 0 Å². The number of carbonyl (C=O) groups is 2. The molecule has 0 saturated heterocycles. The number of oxime groups is 1. The Kier molecular flexibility index (Phi) is 7.89. The highest BCUT2D eigenvalue weighted by atomic mass is 16.6. The molecule has 0 bridgehead atoms. The Hall–Kier alpha value is -2.95. The minimum atomic E-state index is -0.497. The van der Waals surface area contributed by atoms with Gasteiger partial charge in [-0.1, -0.05) is 88.7 Å². The van der Waals surface area contributed by atoms with Gasteiger partial charge in [-0.15, -0.1) is 0 Å². The van der Waals surface area contributed by atoms with Gasteiger partial charge in [-0.25, -0.2) is 0 Å². The lowest BCUT2D eigenvalue weighted by molar-refractivity contribution is -0.177. The van der Waals surface area contributed by atoms with Crippen LogP contribution in [0, 0.1) is 50.2 Å². The molecule has 7 rings (SSSR count). The zero-order valence-electron chi connectivity index (χ0n) is 30.7. The number of esters is 1. The van der Waals surface area contributed by atoms with E-state index in [9.17, 15) is 9.59 Å². The van der Waals surface area contributed by atoms with Crippen molar-refractivity contribution in [1.29, 1.82) is 0 Å². The van der Waals surface area contributed by atoms with E-state index in [-0.39, 0.29) is 44.9 Å². The molecule has 5 aliphatic carbocycles. The number of benzene rings is 2. The maximum absolute atomic E-state index is 14.8. The van der Waals surface area contributed by atoms with Crippen molar-refractivity contribution in [1.82, 2.24) is 0 Å². The molecular weight excluding hydrogens is 594 g/mol. The van der Waals surface area contributed by atoms with Crippen LogP contribution in [-0.2, 0) is 25.8 Å². The van der Waals surface area contributed by atoms with Crippen LogP contribution in [-0.4, -0.2) is 24.1 Å². The van der Waals surface area contributed by atoms with Gasteiger partial charge in [0.2, 0.25) is 0 Å². The normalized spacial score (nSPS) is 41.0. The molecule has 0 amide bonds. The summed E-state index contributed by atoms with van der Waals surface area (Å²) >= 11 is 0. The van der Waals surface area contributed by atoms with E-state index in [2.05, 4.69) is 97.0 Å². The predicted molar refractivity (Wildman–Crippen MR) is 192 cm³/mol. The number of ketones is 1. The molecule has 0 N–H and O–H groups in total. The highest BCUT2D eigenvalue weighted by molar-refractivity contribution is 5.97. The van der Waals surface area contributed by atoms with E-state index >= 15 is 0 Å². The van der Waals surface area contributed by atoms with Crippen molar-refractivity contribution >= 4 is 28.2 Å². The first-order valence-electron chi connectivity index (χ1n) is 18.7. The van der Waals surface area contributed by atoms with Crippen molar-refractivity contribution in [3.8, 4) is 0 Å². The molecule has 0 unspecified atom stereocenters. The standard InChI is InChI=1S/C43H57NO4/c1-9-47-37(46)40(5)21-20-39(4)22-23-42(7)31(32(39)26-40)25-33(45)36-41(6)18-17-35(38(2,3)34(41)16-19-43(36,42)8)44-48-27-28-14-15-29-12-10-11-13-30(29)24-28/h10-15,24-25,32,34,36H,9,16-23,26-27H2,1-8H3/b44-35+/t32-,34-,36+,39+,40-,41-,42+,43+/m0/s1. The number of ether oxygens (including phenoxy) is 1. The molecule has 4 saturated carbocycles. The molecule has 8 atom stereocenters. The molecule has 2 aromatic carbocycles. The third kappa shape index (κ3) is 4.79. The van der Waals surface area contributed by atoms with Crippen LogP contribution in [0.3, 0.4) is 0 Å². The van der Waals surface area contributed by atoms with E-state index < -0.39 is 5.41 Å². The largest absolute Gasteiger partial charge is 0.466 e. The van der Waals surface area contributed by atoms with Crippen LogP contribution >= 0.6 is 0 Å². The van der Waals surface area contributed by atoms with Crippen LogP contribution in [0.4, 0.5) is 0 Å². The number of carbonyl (C=O) groups excluding carboxylic acids is 2. The summed E-state index contributed by atoms with van der Waals surface area (Å²) in [4.78, 5) is 34.1. The van der Waals surface area contributed by atoms with E-state index in [1.54, 1.807) is 0 Å². The second-order valence-electron chi connectivity index (χ2n) is 18.2. The van der Waals surface area contributed by atoms with Crippen LogP contribution in [0.2, 0.25) is 0 Å². The molecule has 2 aromatic rings. The van der Waals surface area contributed by atoms with E-state index in [1.807, 2.05) is 6.92 Å². The summed E-state index contributed by atoms with van der Waals surface area (Å²) in [6, 6.07) is 14.9. The first-order valence-corrected chi connectivity index (χ1v) is 18.7. The Bertz CT molecular complexity index is 1710. The van der Waals surface area contributed by atoms with E-state index in [4.69, 9.17) is 14.7 Å². The van der Waals surface area contributed by atoms with Gasteiger partial charge in [-0.2, -0.15) is 0 Å². The van der Waals surface area contributed by atoms with Crippen LogP contribution in [0.1, 0.15) is 119 Å². The van der Waals surface area contributed by atoms with Crippen LogP contribution in [0.25, 0.3) is 10.8 Å². The van der Waals surface area contributed by atoms with Gasteiger partial charge in [-0.3, -0.25) is 9.59 Å². The SMILES string of the molecule is CCOC(=O)[C@@]1(C)CC[C@]2(C)CC[C@]3(C)C(=CC(=O)[C@@H]4[C@@]5(C)CC/C(=N\OCc6ccc7ccccc7c6)C(C)(C)[C@@H]5CC[C@]43C)[C@@H]2C1. The zero-order valence-corrected chi connectivity index (χ0v) is 30.7. The number of allylic oxidation sites excluding steroid dienone is 2. The molecule has 4 fully saturated rings. The predicted octanol–water partition coefficient (Wildman–Crippen LogP) is 10.3. The fourth-order valence-corrected chi connectivity index (χ4v) is 12.2. The van der Waals surface area contributed by atoms with Gasteiger partial charge in [0.15, 0.2) is 5.78 Å². The molecule has 0 spiro atoms. The van der Waals surface area contributed by atoms with Gasteiger partial charge in [-0.05, 0) is 134 Å². The second kappa shape index (κ2) is 11.3. The van der Waals surface area contributed by atoms with Crippen molar-refractivity contribution in [2.45, 2.75) is 120 Å². The third-order valence-corrected chi connectivity index (χ3v) is 15.3. The van der Waals surface area contributed by atoms with Crippen LogP contribution < -0.4 is 0 Å². The van der Waals surface area contributed by atoms with Gasteiger partial charge >= 0.3 is 5.97 Å². The molecular formula is C43H57NO4. The van der Waals surface area contributed by atoms with Crippen molar-refractivity contribution in [2.75, 3.05) is 6.61 Å². The van der Waals surface area contributed by atoms with Crippen LogP contribution in [0.5, 0.6) is 0 Å². The Morgan fingerprint density at radius 2 is 1.62 bits per heavy atom. The topological polar surface area (TPSA) is 65.0 Å². The van der Waals surface area contributed by atoms with Gasteiger partial charge in [0, 0.05) is 11.3 Å². The summed E-state index contributed by atoms with van der Waals surface area (Å²) in [6.45, 7) is 19.3. The number of rotatable bonds is 5. The molecule has 0 radical (unpaired) electrons. The smallest absolute Gasteiger partial charge is 0.311 e. The van der Waals surface area contributed by atoms with Crippen LogP contribution in [0.15, 0.2) is 59.3 Å². The van der Waals surface area contributed by atoms with E-state index in [0.29, 0.717) is 24.9 Å². The molecule has 0 aliphatic heterocycles. The lowest BCUT2D eigenvalue weighted by Crippen LogP contribution is -2.66. The number of fused-ring (bicyclic) bond motifs is 8. The van der Waals surface area contributed by atoms with Crippen molar-refractivity contribution in [2.24, 2.45) is 55.4 Å². The second-order valence-corrected chi connectivity index (χ2v) is 18.2. The van der Waals surface area contributed by atoms with Crippen molar-refractivity contribution < 1.29 is 19.2 Å². The average molecular weight is 652 g/mol. The minimum Gasteiger partial charge on any atom is -0.466 e. The molecule has 0 aromatic heterocycles. The van der Waals surface area contributed by atoms with Gasteiger partial charge in [0.25, 0.3) is 0 Å². The fraction of sp³-hybridized carbons (Fsp3) is 0.651. The summed E-state index contributed by atoms with van der Waals surface area (Å²) in [5, 5.41) is 7.27. The van der Waals surface area contributed by atoms with Crippen molar-refractivity contribution in [3.05, 3.63) is 59.7 Å². The number of hydrogen-bond acceptors (Lipinski definition) is 5. The van der Waals surface area contributed by atoms with Gasteiger partial charge in [0.1, 0.15) is 6.61 Å². The Balaban J connectivity index is 1.16. The third-order valence-electron chi connectivity index (χ3n) is 15.3. The van der Waals surface area contributed by atoms with Gasteiger partial charge < -0.3 is 9.57 Å². The summed E-state index contributed by atoms with van der Waals surface area (Å²) in [7, 11) is 0. The van der Waals surface area contributed by atoms with E-state index in [0.717, 1.165) is 69.1 Å². The number of hydrogen-bond donors (Lipinski definition) is 0. The molecule has 48 heavy (non-hydrogen) atoms. The Morgan fingerprint density at radius 3 is 2.38 bits per heavy atom. The summed E-state index contributed by atoms with van der Waals surface area (Å²) in [5.74, 6) is 0.808. The first kappa shape index (κ1) is 33.5. The molecule has 5 aliphatic rings. The number of nitrogens with zero attached hydrogens (tertiary/aromatic N) is 1. The molecule has 5 nitrogen and oxygen atoms in total. The maximum atomic E-state index is 14.8. The molecule has 5 heteroatoms. The minimum absolute atomic E-state index is 0.0266. The molecule has 258 valence electrons. The fourth-order valence-electron chi connectivity index (χ4n) is 12.2. The lowest BCUT2D eigenvalue weighted by Gasteiger charge is -2.70. The quantitative estimate of drug-likeness (QED) is 0.238. The Morgan fingerprint density at radius 1 is 0.896 bits per heavy atom. The lowest BCUT2D eigenvalue weighted by atomic mass is 9.33. The highest BCUT2D eigenvalue weighted by Gasteiger charge is 2.70.